The van der Waals surface area contributed by atoms with Crippen molar-refractivity contribution in [2.24, 2.45) is 0 Å². The topological polar surface area (TPSA) is 80.3 Å². The molecular weight excluding hydrogens is 396 g/mol. The first-order valence-corrected chi connectivity index (χ1v) is 9.35. The maximum atomic E-state index is 12.9. The van der Waals surface area contributed by atoms with E-state index in [4.69, 9.17) is 33.9 Å². The monoisotopic (exact) mass is 416 g/mol. The van der Waals surface area contributed by atoms with E-state index < -0.39 is 0 Å². The molecule has 1 aromatic heterocycles. The molecule has 146 valence electrons. The molecule has 0 aliphatic carbocycles. The zero-order valence-electron chi connectivity index (χ0n) is 15.4. The zero-order chi connectivity index (χ0) is 20.1. The number of aromatic amines is 1. The fraction of sp³-hybridized carbons (Fsp3) is 0.211. The van der Waals surface area contributed by atoms with Gasteiger partial charge in [0.05, 0.1) is 25.1 Å². The van der Waals surface area contributed by atoms with Crippen LogP contribution >= 0.6 is 24.4 Å². The lowest BCUT2D eigenvalue weighted by Gasteiger charge is -2.14. The molecule has 0 aliphatic heterocycles. The Labute approximate surface area is 172 Å². The molecule has 0 atom stereocenters. The number of hydrogen-bond donors (Lipinski definition) is 3. The minimum absolute atomic E-state index is 0.192. The molecule has 1 heterocycles. The maximum Gasteiger partial charge on any atom is 0.281 e. The Kier molecular flexibility index (Phi) is 6.27. The predicted molar refractivity (Wildman–Crippen MR) is 117 cm³/mol. The molecule has 0 saturated heterocycles. The minimum Gasteiger partial charge on any atom is -0.493 e. The van der Waals surface area contributed by atoms with E-state index in [1.807, 2.05) is 30.3 Å². The summed E-state index contributed by atoms with van der Waals surface area (Å²) >= 11 is 10.6. The first-order valence-electron chi connectivity index (χ1n) is 8.53. The van der Waals surface area contributed by atoms with Gasteiger partial charge in [-0.05, 0) is 42.5 Å². The average molecular weight is 417 g/mol. The van der Waals surface area contributed by atoms with Crippen LogP contribution in [0.4, 0.5) is 0 Å². The first-order chi connectivity index (χ1) is 13.5. The van der Waals surface area contributed by atoms with Crippen LogP contribution < -0.4 is 25.8 Å². The van der Waals surface area contributed by atoms with Gasteiger partial charge >= 0.3 is 0 Å². The standard InChI is InChI=1S/C19H20N4O3S2/c1-25-15-10-13-14(11-16(15)26-2)21-19(28)23(17(13)24)22-18(27)20-9-8-12-6-4-3-5-7-12/h3-7,10-11H,8-9H2,1-2H3,(H,21,28)(H2,20,22,27). The minimum atomic E-state index is -0.341. The summed E-state index contributed by atoms with van der Waals surface area (Å²) in [5.41, 5.74) is 4.24. The van der Waals surface area contributed by atoms with Crippen molar-refractivity contribution in [2.45, 2.75) is 6.42 Å². The number of H-pyrrole nitrogens is 1. The lowest BCUT2D eigenvalue weighted by molar-refractivity contribution is 0.355. The molecule has 9 heteroatoms. The van der Waals surface area contributed by atoms with Crippen molar-refractivity contribution in [1.29, 1.82) is 0 Å². The molecule has 0 saturated carbocycles. The van der Waals surface area contributed by atoms with Crippen LogP contribution in [-0.4, -0.2) is 35.5 Å². The third-order valence-corrected chi connectivity index (χ3v) is 4.68. The molecule has 0 aliphatic rings. The Morgan fingerprint density at radius 2 is 1.82 bits per heavy atom. The van der Waals surface area contributed by atoms with E-state index in [0.717, 1.165) is 6.42 Å². The molecule has 7 nitrogen and oxygen atoms in total. The number of benzene rings is 2. The van der Waals surface area contributed by atoms with Crippen molar-refractivity contribution in [2.75, 3.05) is 26.2 Å². The SMILES string of the molecule is COc1cc2[nH]c(=S)n(NC(=S)NCCc3ccccc3)c(=O)c2cc1OC. The molecule has 2 aromatic carbocycles. The Balaban J connectivity index is 1.79. The van der Waals surface area contributed by atoms with E-state index in [1.165, 1.54) is 24.5 Å². The number of rotatable bonds is 6. The third-order valence-electron chi connectivity index (χ3n) is 4.16. The largest absolute Gasteiger partial charge is 0.493 e. The molecule has 0 spiro atoms. The summed E-state index contributed by atoms with van der Waals surface area (Å²) in [5, 5.41) is 3.78. The number of thiocarbonyl (C=S) groups is 1. The van der Waals surface area contributed by atoms with Gasteiger partial charge in [-0.25, -0.2) is 0 Å². The number of methoxy groups -OCH3 is 2. The normalized spacial score (nSPS) is 10.5. The van der Waals surface area contributed by atoms with Gasteiger partial charge < -0.3 is 19.8 Å². The Hall–Kier alpha value is -2.91. The highest BCUT2D eigenvalue weighted by Crippen LogP contribution is 2.29. The molecule has 0 radical (unpaired) electrons. The van der Waals surface area contributed by atoms with Gasteiger partial charge in [0.25, 0.3) is 5.56 Å². The van der Waals surface area contributed by atoms with Crippen LogP contribution in [0.2, 0.25) is 0 Å². The summed E-state index contributed by atoms with van der Waals surface area (Å²) in [6, 6.07) is 13.3. The number of aromatic nitrogens is 2. The van der Waals surface area contributed by atoms with E-state index >= 15 is 0 Å². The Morgan fingerprint density at radius 1 is 1.14 bits per heavy atom. The average Bonchev–Trinajstić information content (AvgIpc) is 2.71. The molecule has 0 amide bonds. The van der Waals surface area contributed by atoms with Crippen molar-refractivity contribution in [3.8, 4) is 11.5 Å². The van der Waals surface area contributed by atoms with Crippen LogP contribution in [0.1, 0.15) is 5.56 Å². The number of nitrogens with one attached hydrogen (secondary N) is 3. The highest BCUT2D eigenvalue weighted by atomic mass is 32.1. The van der Waals surface area contributed by atoms with E-state index in [2.05, 4.69) is 15.7 Å². The van der Waals surface area contributed by atoms with E-state index in [9.17, 15) is 4.79 Å². The van der Waals surface area contributed by atoms with Gasteiger partial charge in [0.15, 0.2) is 21.4 Å². The molecular formula is C19H20N4O3S2. The third kappa shape index (κ3) is 4.32. The summed E-state index contributed by atoms with van der Waals surface area (Å²) in [7, 11) is 3.04. The van der Waals surface area contributed by atoms with Gasteiger partial charge in [-0.2, -0.15) is 4.68 Å². The van der Waals surface area contributed by atoms with Gasteiger partial charge in [0.2, 0.25) is 0 Å². The highest BCUT2D eigenvalue weighted by molar-refractivity contribution is 7.80. The second-order valence-electron chi connectivity index (χ2n) is 5.93. The number of fused-ring (bicyclic) bond motifs is 1. The lowest BCUT2D eigenvalue weighted by Crippen LogP contribution is -2.40. The summed E-state index contributed by atoms with van der Waals surface area (Å²) in [6.07, 6.45) is 0.805. The van der Waals surface area contributed by atoms with E-state index in [0.29, 0.717) is 34.1 Å². The highest BCUT2D eigenvalue weighted by Gasteiger charge is 2.12. The van der Waals surface area contributed by atoms with Crippen LogP contribution in [0, 0.1) is 4.77 Å². The molecule has 0 fully saturated rings. The van der Waals surface area contributed by atoms with Crippen molar-refractivity contribution >= 4 is 40.5 Å². The van der Waals surface area contributed by atoms with Gasteiger partial charge in [-0.15, -0.1) is 0 Å². The number of nitrogens with zero attached hydrogens (tertiary/aromatic N) is 1. The molecule has 3 aromatic rings. The number of ether oxygens (including phenoxy) is 2. The fourth-order valence-corrected chi connectivity index (χ4v) is 3.18. The van der Waals surface area contributed by atoms with Gasteiger partial charge in [0.1, 0.15) is 0 Å². The van der Waals surface area contributed by atoms with Crippen LogP contribution in [0.25, 0.3) is 10.9 Å². The maximum absolute atomic E-state index is 12.9. The molecule has 3 rings (SSSR count). The fourth-order valence-electron chi connectivity index (χ4n) is 2.75. The van der Waals surface area contributed by atoms with Gasteiger partial charge in [-0.3, -0.25) is 10.2 Å². The van der Waals surface area contributed by atoms with Crippen molar-refractivity contribution < 1.29 is 9.47 Å². The Bertz CT molecular complexity index is 1110. The van der Waals surface area contributed by atoms with Gasteiger partial charge in [0, 0.05) is 12.6 Å². The summed E-state index contributed by atoms with van der Waals surface area (Å²) < 4.78 is 11.9. The van der Waals surface area contributed by atoms with Crippen LogP contribution in [0.3, 0.4) is 0 Å². The second-order valence-corrected chi connectivity index (χ2v) is 6.72. The van der Waals surface area contributed by atoms with Gasteiger partial charge in [-0.1, -0.05) is 30.3 Å². The molecule has 28 heavy (non-hydrogen) atoms. The van der Waals surface area contributed by atoms with Crippen LogP contribution in [0.5, 0.6) is 11.5 Å². The summed E-state index contributed by atoms with van der Waals surface area (Å²) in [5.74, 6) is 0.955. The summed E-state index contributed by atoms with van der Waals surface area (Å²) in [6.45, 7) is 0.625. The van der Waals surface area contributed by atoms with E-state index in [-0.39, 0.29) is 10.3 Å². The quantitative estimate of drug-likeness (QED) is 0.533. The Morgan fingerprint density at radius 3 is 2.50 bits per heavy atom. The molecule has 3 N–H and O–H groups in total. The van der Waals surface area contributed by atoms with Crippen molar-refractivity contribution in [1.82, 2.24) is 15.0 Å². The second kappa shape index (κ2) is 8.85. The zero-order valence-corrected chi connectivity index (χ0v) is 17.1. The lowest BCUT2D eigenvalue weighted by atomic mass is 10.1. The smallest absolute Gasteiger partial charge is 0.281 e. The van der Waals surface area contributed by atoms with Crippen molar-refractivity contribution in [3.63, 3.8) is 0 Å². The van der Waals surface area contributed by atoms with Crippen LogP contribution in [-0.2, 0) is 6.42 Å². The predicted octanol–water partition coefficient (Wildman–Crippen LogP) is 2.74. The van der Waals surface area contributed by atoms with Crippen molar-refractivity contribution in [3.05, 3.63) is 63.2 Å². The first kappa shape index (κ1) is 19.8. The molecule has 0 unspecified atom stereocenters. The van der Waals surface area contributed by atoms with E-state index in [1.54, 1.807) is 12.1 Å². The van der Waals surface area contributed by atoms with Crippen LogP contribution in [0.15, 0.2) is 47.3 Å². The number of hydrogen-bond acceptors (Lipinski definition) is 5. The summed E-state index contributed by atoms with van der Waals surface area (Å²) in [4.78, 5) is 15.9. The molecule has 0 bridgehead atoms.